The van der Waals surface area contributed by atoms with E-state index in [0.29, 0.717) is 18.1 Å². The lowest BCUT2D eigenvalue weighted by molar-refractivity contribution is 0.116. The van der Waals surface area contributed by atoms with Crippen molar-refractivity contribution in [3.63, 3.8) is 0 Å². The van der Waals surface area contributed by atoms with E-state index in [-0.39, 0.29) is 0 Å². The second kappa shape index (κ2) is 6.58. The minimum Gasteiger partial charge on any atom is -0.395 e. The van der Waals surface area contributed by atoms with E-state index in [2.05, 4.69) is 31.0 Å². The summed E-state index contributed by atoms with van der Waals surface area (Å²) >= 11 is 0. The fourth-order valence-electron chi connectivity index (χ4n) is 2.52. The summed E-state index contributed by atoms with van der Waals surface area (Å²) < 4.78 is 0. The SMILES string of the molecule is CCCNCC(C)(C)CN1CCCC1CO. The number of likely N-dealkylation sites (tertiary alicyclic amines) is 1. The van der Waals surface area contributed by atoms with Gasteiger partial charge >= 0.3 is 0 Å². The Balaban J connectivity index is 2.32. The van der Waals surface area contributed by atoms with Gasteiger partial charge in [0.25, 0.3) is 0 Å². The highest BCUT2D eigenvalue weighted by Crippen LogP contribution is 2.23. The Morgan fingerprint density at radius 1 is 1.44 bits per heavy atom. The zero-order valence-electron chi connectivity index (χ0n) is 11.1. The number of nitrogens with zero attached hydrogens (tertiary/aromatic N) is 1. The van der Waals surface area contributed by atoms with Gasteiger partial charge in [-0.2, -0.15) is 0 Å². The van der Waals surface area contributed by atoms with Crippen molar-refractivity contribution in [2.75, 3.05) is 32.8 Å². The molecule has 0 saturated carbocycles. The third-order valence-corrected chi connectivity index (χ3v) is 3.37. The summed E-state index contributed by atoms with van der Waals surface area (Å²) in [6, 6.07) is 0.408. The Bertz CT molecular complexity index is 194. The molecule has 0 radical (unpaired) electrons. The summed E-state index contributed by atoms with van der Waals surface area (Å²) in [4.78, 5) is 2.45. The van der Waals surface area contributed by atoms with Crippen molar-refractivity contribution in [1.29, 1.82) is 0 Å². The molecule has 1 unspecified atom stereocenters. The topological polar surface area (TPSA) is 35.5 Å². The molecule has 0 spiro atoms. The van der Waals surface area contributed by atoms with Gasteiger partial charge in [0, 0.05) is 19.1 Å². The van der Waals surface area contributed by atoms with Gasteiger partial charge in [0.2, 0.25) is 0 Å². The molecule has 1 fully saturated rings. The number of aliphatic hydroxyl groups is 1. The van der Waals surface area contributed by atoms with Crippen LogP contribution in [0.15, 0.2) is 0 Å². The van der Waals surface area contributed by atoms with E-state index >= 15 is 0 Å². The van der Waals surface area contributed by atoms with Gasteiger partial charge in [-0.05, 0) is 37.8 Å². The fourth-order valence-corrected chi connectivity index (χ4v) is 2.52. The van der Waals surface area contributed by atoms with Gasteiger partial charge in [0.15, 0.2) is 0 Å². The molecular weight excluding hydrogens is 200 g/mol. The molecule has 0 amide bonds. The average molecular weight is 228 g/mol. The molecule has 0 bridgehead atoms. The van der Waals surface area contributed by atoms with Crippen LogP contribution >= 0.6 is 0 Å². The largest absolute Gasteiger partial charge is 0.395 e. The van der Waals surface area contributed by atoms with Gasteiger partial charge in [-0.15, -0.1) is 0 Å². The zero-order chi connectivity index (χ0) is 12.0. The Morgan fingerprint density at radius 2 is 2.19 bits per heavy atom. The molecule has 96 valence electrons. The first-order valence-corrected chi connectivity index (χ1v) is 6.64. The Kier molecular flexibility index (Phi) is 5.73. The molecule has 1 rings (SSSR count). The quantitative estimate of drug-likeness (QED) is 0.648. The Labute approximate surface area is 100 Å². The van der Waals surface area contributed by atoms with Gasteiger partial charge in [-0.25, -0.2) is 0 Å². The molecule has 16 heavy (non-hydrogen) atoms. The maximum absolute atomic E-state index is 9.29. The van der Waals surface area contributed by atoms with Crippen molar-refractivity contribution < 1.29 is 5.11 Å². The molecule has 1 aliphatic rings. The lowest BCUT2D eigenvalue weighted by atomic mass is 9.92. The van der Waals surface area contributed by atoms with Crippen LogP contribution in [0.3, 0.4) is 0 Å². The molecule has 3 heteroatoms. The molecular formula is C13H28N2O. The van der Waals surface area contributed by atoms with Crippen LogP contribution in [-0.2, 0) is 0 Å². The average Bonchev–Trinajstić information content (AvgIpc) is 2.64. The van der Waals surface area contributed by atoms with Crippen molar-refractivity contribution >= 4 is 0 Å². The van der Waals surface area contributed by atoms with Gasteiger partial charge in [0.1, 0.15) is 0 Å². The number of rotatable bonds is 7. The molecule has 1 heterocycles. The van der Waals surface area contributed by atoms with Crippen LogP contribution in [0.2, 0.25) is 0 Å². The van der Waals surface area contributed by atoms with Crippen LogP contribution in [0.5, 0.6) is 0 Å². The number of nitrogens with one attached hydrogen (secondary N) is 1. The molecule has 1 aliphatic heterocycles. The summed E-state index contributed by atoms with van der Waals surface area (Å²) in [5.74, 6) is 0. The highest BCUT2D eigenvalue weighted by atomic mass is 16.3. The van der Waals surface area contributed by atoms with Crippen molar-refractivity contribution in [3.8, 4) is 0 Å². The van der Waals surface area contributed by atoms with Crippen molar-refractivity contribution in [2.24, 2.45) is 5.41 Å². The van der Waals surface area contributed by atoms with E-state index in [1.807, 2.05) is 0 Å². The molecule has 1 atom stereocenters. The van der Waals surface area contributed by atoms with Gasteiger partial charge in [-0.1, -0.05) is 20.8 Å². The smallest absolute Gasteiger partial charge is 0.0586 e. The van der Waals surface area contributed by atoms with Crippen LogP contribution in [0.4, 0.5) is 0 Å². The minimum absolute atomic E-state index is 0.299. The monoisotopic (exact) mass is 228 g/mol. The summed E-state index contributed by atoms with van der Waals surface area (Å²) in [7, 11) is 0. The van der Waals surface area contributed by atoms with Gasteiger partial charge in [0.05, 0.1) is 6.61 Å². The predicted molar refractivity (Wildman–Crippen MR) is 68.6 cm³/mol. The van der Waals surface area contributed by atoms with Crippen molar-refractivity contribution in [2.45, 2.75) is 46.1 Å². The zero-order valence-corrected chi connectivity index (χ0v) is 11.1. The summed E-state index contributed by atoms with van der Waals surface area (Å²) in [6.45, 7) is 11.5. The second-order valence-corrected chi connectivity index (χ2v) is 5.79. The maximum atomic E-state index is 9.29. The van der Waals surface area contributed by atoms with E-state index < -0.39 is 0 Å². The standard InChI is InChI=1S/C13H28N2O/c1-4-7-14-10-13(2,3)11-15-8-5-6-12(15)9-16/h12,14,16H,4-11H2,1-3H3. The minimum atomic E-state index is 0.299. The Hall–Kier alpha value is -0.120. The molecule has 2 N–H and O–H groups in total. The van der Waals surface area contributed by atoms with Crippen LogP contribution in [-0.4, -0.2) is 48.8 Å². The highest BCUT2D eigenvalue weighted by molar-refractivity contribution is 4.84. The lowest BCUT2D eigenvalue weighted by Crippen LogP contribution is -2.43. The predicted octanol–water partition coefficient (Wildman–Crippen LogP) is 1.47. The van der Waals surface area contributed by atoms with Gasteiger partial charge in [-0.3, -0.25) is 4.90 Å². The van der Waals surface area contributed by atoms with Crippen LogP contribution in [0.25, 0.3) is 0 Å². The fraction of sp³-hybridized carbons (Fsp3) is 1.00. The number of aliphatic hydroxyl groups excluding tert-OH is 1. The molecule has 0 aromatic rings. The first-order chi connectivity index (χ1) is 7.59. The van der Waals surface area contributed by atoms with E-state index in [1.54, 1.807) is 0 Å². The molecule has 1 saturated heterocycles. The highest BCUT2D eigenvalue weighted by Gasteiger charge is 2.29. The van der Waals surface area contributed by atoms with E-state index in [1.165, 1.54) is 12.8 Å². The summed E-state index contributed by atoms with van der Waals surface area (Å²) in [5.41, 5.74) is 0.299. The first kappa shape index (κ1) is 13.9. The van der Waals surface area contributed by atoms with Gasteiger partial charge < -0.3 is 10.4 Å². The van der Waals surface area contributed by atoms with Crippen LogP contribution in [0.1, 0.15) is 40.0 Å². The summed E-state index contributed by atoms with van der Waals surface area (Å²) in [5, 5.41) is 12.8. The van der Waals surface area contributed by atoms with Crippen LogP contribution in [0, 0.1) is 5.41 Å². The van der Waals surface area contributed by atoms with E-state index in [4.69, 9.17) is 0 Å². The van der Waals surface area contributed by atoms with E-state index in [0.717, 1.165) is 32.6 Å². The molecule has 3 nitrogen and oxygen atoms in total. The molecule has 0 aromatic carbocycles. The third-order valence-electron chi connectivity index (χ3n) is 3.37. The molecule has 0 aromatic heterocycles. The first-order valence-electron chi connectivity index (χ1n) is 6.64. The summed E-state index contributed by atoms with van der Waals surface area (Å²) in [6.07, 6.45) is 3.59. The third kappa shape index (κ3) is 4.40. The van der Waals surface area contributed by atoms with Crippen molar-refractivity contribution in [1.82, 2.24) is 10.2 Å². The molecule has 0 aliphatic carbocycles. The second-order valence-electron chi connectivity index (χ2n) is 5.79. The maximum Gasteiger partial charge on any atom is 0.0586 e. The number of hydrogen-bond acceptors (Lipinski definition) is 3. The Morgan fingerprint density at radius 3 is 2.81 bits per heavy atom. The normalized spacial score (nSPS) is 22.9. The van der Waals surface area contributed by atoms with Crippen LogP contribution < -0.4 is 5.32 Å². The lowest BCUT2D eigenvalue weighted by Gasteiger charge is -2.33. The number of hydrogen-bond donors (Lipinski definition) is 2. The van der Waals surface area contributed by atoms with E-state index in [9.17, 15) is 5.11 Å². The van der Waals surface area contributed by atoms with Crippen molar-refractivity contribution in [3.05, 3.63) is 0 Å².